The lowest BCUT2D eigenvalue weighted by Gasteiger charge is -2.14. The van der Waals surface area contributed by atoms with E-state index >= 15 is 0 Å². The smallest absolute Gasteiger partial charge is 0.258 e. The normalized spacial score (nSPS) is 12.0. The number of carbonyl (C=O) groups excluding carboxylic acids is 1. The number of amides is 1. The van der Waals surface area contributed by atoms with Gasteiger partial charge in [0.15, 0.2) is 0 Å². The third-order valence-corrected chi connectivity index (χ3v) is 5.80. The molecule has 2 N–H and O–H groups in total. The van der Waals surface area contributed by atoms with Crippen LogP contribution in [0.5, 0.6) is 5.75 Å². The molecule has 2 aromatic carbocycles. The number of nitrogens with one attached hydrogen (secondary N) is 1. The van der Waals surface area contributed by atoms with Crippen LogP contribution in [0.2, 0.25) is 0 Å². The first-order chi connectivity index (χ1) is 14.0. The van der Waals surface area contributed by atoms with Crippen LogP contribution < -0.4 is 15.8 Å². The average Bonchev–Trinajstić information content (AvgIpc) is 2.76. The first kappa shape index (κ1) is 20.9. The number of carbonyl (C=O) groups is 1. The summed E-state index contributed by atoms with van der Waals surface area (Å²) in [7, 11) is 1.59. The van der Waals surface area contributed by atoms with Crippen molar-refractivity contribution in [3.63, 3.8) is 0 Å². The van der Waals surface area contributed by atoms with Crippen LogP contribution in [0.15, 0.2) is 53.5 Å². The molecule has 8 heteroatoms. The van der Waals surface area contributed by atoms with Crippen LogP contribution in [-0.4, -0.2) is 34.3 Å². The van der Waals surface area contributed by atoms with E-state index in [2.05, 4.69) is 0 Å². The summed E-state index contributed by atoms with van der Waals surface area (Å²) in [5.41, 5.74) is 2.95. The van der Waals surface area contributed by atoms with E-state index in [0.717, 1.165) is 23.1 Å². The molecule has 0 aliphatic rings. The summed E-state index contributed by atoms with van der Waals surface area (Å²) in [5, 5.41) is 8.75. The Kier molecular flexibility index (Phi) is 6.56. The van der Waals surface area contributed by atoms with Crippen molar-refractivity contribution in [2.24, 2.45) is 0 Å². The molecule has 1 unspecified atom stereocenters. The van der Waals surface area contributed by atoms with E-state index in [4.69, 9.17) is 9.94 Å². The van der Waals surface area contributed by atoms with Gasteiger partial charge in [0.1, 0.15) is 11.6 Å². The number of aryl methyl sites for hydroxylation is 1. The molecule has 6 nitrogen and oxygen atoms in total. The summed E-state index contributed by atoms with van der Waals surface area (Å²) in [6.07, 6.45) is 3.17. The highest BCUT2D eigenvalue weighted by molar-refractivity contribution is 7.99. The first-order valence-corrected chi connectivity index (χ1v) is 10.2. The maximum absolute atomic E-state index is 14.8. The van der Waals surface area contributed by atoms with E-state index in [-0.39, 0.29) is 29.3 Å². The molecule has 29 heavy (non-hydrogen) atoms. The molecule has 0 spiro atoms. The maximum Gasteiger partial charge on any atom is 0.258 e. The van der Waals surface area contributed by atoms with Crippen molar-refractivity contribution >= 4 is 28.4 Å². The molecule has 1 aromatic heterocycles. The zero-order valence-electron chi connectivity index (χ0n) is 16.0. The van der Waals surface area contributed by atoms with Crippen molar-refractivity contribution in [1.29, 1.82) is 0 Å². The molecule has 1 heterocycles. The standard InChI is InChI=1S/C21H21FN2O4S/c1-28-15-6-3-13(4-7-15)14-5-8-16-17(11-14)18(22)12-24(21(16)26)10-9-19(29-2)20(25)23-27/h3-8,11-12,19,27H,9-10H2,1-2H3,(H,23,25). The topological polar surface area (TPSA) is 80.6 Å². The summed E-state index contributed by atoms with van der Waals surface area (Å²) < 4.78 is 21.2. The average molecular weight is 416 g/mol. The van der Waals surface area contributed by atoms with Crippen molar-refractivity contribution in [1.82, 2.24) is 10.0 Å². The van der Waals surface area contributed by atoms with E-state index in [1.807, 2.05) is 24.3 Å². The van der Waals surface area contributed by atoms with Crippen LogP contribution in [0.4, 0.5) is 4.39 Å². The van der Waals surface area contributed by atoms with Crippen LogP contribution >= 0.6 is 11.8 Å². The Hall–Kier alpha value is -2.84. The van der Waals surface area contributed by atoms with Gasteiger partial charge in [0, 0.05) is 18.1 Å². The van der Waals surface area contributed by atoms with Crippen molar-refractivity contribution in [2.75, 3.05) is 13.4 Å². The number of ether oxygens (including phenoxy) is 1. The number of hydrogen-bond donors (Lipinski definition) is 2. The fraction of sp³-hybridized carbons (Fsp3) is 0.238. The number of hydrogen-bond acceptors (Lipinski definition) is 5. The van der Waals surface area contributed by atoms with Gasteiger partial charge in [-0.2, -0.15) is 11.8 Å². The summed E-state index contributed by atoms with van der Waals surface area (Å²) in [6, 6.07) is 12.4. The quantitative estimate of drug-likeness (QED) is 0.456. The first-order valence-electron chi connectivity index (χ1n) is 8.92. The van der Waals surface area contributed by atoms with Gasteiger partial charge in [-0.25, -0.2) is 9.87 Å². The molecule has 3 aromatic rings. The van der Waals surface area contributed by atoms with E-state index < -0.39 is 17.0 Å². The zero-order chi connectivity index (χ0) is 21.0. The number of hydroxylamine groups is 1. The summed E-state index contributed by atoms with van der Waals surface area (Å²) in [4.78, 5) is 24.4. The minimum Gasteiger partial charge on any atom is -0.497 e. The molecule has 1 atom stereocenters. The Morgan fingerprint density at radius 1 is 1.21 bits per heavy atom. The Morgan fingerprint density at radius 3 is 2.52 bits per heavy atom. The predicted molar refractivity (Wildman–Crippen MR) is 112 cm³/mol. The summed E-state index contributed by atoms with van der Waals surface area (Å²) >= 11 is 1.25. The van der Waals surface area contributed by atoms with Gasteiger partial charge in [0.05, 0.1) is 17.7 Å². The zero-order valence-corrected chi connectivity index (χ0v) is 16.8. The molecule has 152 valence electrons. The molecule has 0 aliphatic heterocycles. The highest BCUT2D eigenvalue weighted by Crippen LogP contribution is 2.26. The molecular formula is C21H21FN2O4S. The minimum atomic E-state index is -0.545. The van der Waals surface area contributed by atoms with Gasteiger partial charge in [-0.1, -0.05) is 18.2 Å². The van der Waals surface area contributed by atoms with Gasteiger partial charge in [-0.15, -0.1) is 0 Å². The van der Waals surface area contributed by atoms with Crippen LogP contribution in [0, 0.1) is 5.82 Å². The number of pyridine rings is 1. The minimum absolute atomic E-state index is 0.158. The van der Waals surface area contributed by atoms with E-state index in [1.165, 1.54) is 16.3 Å². The predicted octanol–water partition coefficient (Wildman–Crippen LogP) is 3.44. The van der Waals surface area contributed by atoms with E-state index in [0.29, 0.717) is 0 Å². The van der Waals surface area contributed by atoms with Crippen molar-refractivity contribution < 1.29 is 19.1 Å². The number of halogens is 1. The fourth-order valence-corrected chi connectivity index (χ4v) is 3.77. The fourth-order valence-electron chi connectivity index (χ4n) is 3.16. The highest BCUT2D eigenvalue weighted by Gasteiger charge is 2.17. The second-order valence-corrected chi connectivity index (χ2v) is 7.49. The van der Waals surface area contributed by atoms with Gasteiger partial charge in [0.25, 0.3) is 11.5 Å². The Morgan fingerprint density at radius 2 is 1.90 bits per heavy atom. The van der Waals surface area contributed by atoms with Crippen molar-refractivity contribution in [3.8, 4) is 16.9 Å². The van der Waals surface area contributed by atoms with Gasteiger partial charge in [0.2, 0.25) is 0 Å². The van der Waals surface area contributed by atoms with Crippen molar-refractivity contribution in [2.45, 2.75) is 18.2 Å². The third kappa shape index (κ3) is 4.44. The summed E-state index contributed by atoms with van der Waals surface area (Å²) in [6.45, 7) is 0.158. The van der Waals surface area contributed by atoms with Crippen LogP contribution in [0.1, 0.15) is 6.42 Å². The Bertz CT molecular complexity index is 1080. The molecule has 0 saturated heterocycles. The van der Waals surface area contributed by atoms with Gasteiger partial charge in [-0.05, 0) is 48.1 Å². The third-order valence-electron chi connectivity index (χ3n) is 4.78. The largest absolute Gasteiger partial charge is 0.497 e. The number of methoxy groups -OCH3 is 1. The van der Waals surface area contributed by atoms with Crippen LogP contribution in [-0.2, 0) is 11.3 Å². The lowest BCUT2D eigenvalue weighted by Crippen LogP contribution is -2.32. The second-order valence-electron chi connectivity index (χ2n) is 6.45. The number of thioether (sulfide) groups is 1. The molecule has 0 radical (unpaired) electrons. The summed E-state index contributed by atoms with van der Waals surface area (Å²) in [5.74, 6) is -0.333. The molecule has 0 bridgehead atoms. The van der Waals surface area contributed by atoms with Crippen LogP contribution in [0.25, 0.3) is 21.9 Å². The van der Waals surface area contributed by atoms with E-state index in [9.17, 15) is 14.0 Å². The monoisotopic (exact) mass is 416 g/mol. The molecule has 0 saturated carbocycles. The lowest BCUT2D eigenvalue weighted by atomic mass is 10.0. The Balaban J connectivity index is 1.93. The number of nitrogens with zero attached hydrogens (tertiary/aromatic N) is 1. The number of fused-ring (bicyclic) bond motifs is 1. The molecular weight excluding hydrogens is 395 g/mol. The molecule has 0 fully saturated rings. The van der Waals surface area contributed by atoms with Crippen molar-refractivity contribution in [3.05, 3.63) is 64.8 Å². The van der Waals surface area contributed by atoms with Gasteiger partial charge < -0.3 is 9.30 Å². The van der Waals surface area contributed by atoms with Gasteiger partial charge >= 0.3 is 0 Å². The molecule has 3 rings (SSSR count). The number of rotatable bonds is 7. The SMILES string of the molecule is COc1ccc(-c2ccc3c(=O)n(CCC(SC)C(=O)NO)cc(F)c3c2)cc1. The number of aromatic nitrogens is 1. The lowest BCUT2D eigenvalue weighted by molar-refractivity contribution is -0.128. The molecule has 1 amide bonds. The van der Waals surface area contributed by atoms with E-state index in [1.54, 1.807) is 37.0 Å². The number of benzene rings is 2. The Labute approximate surface area is 171 Å². The van der Waals surface area contributed by atoms with Gasteiger partial charge in [-0.3, -0.25) is 14.8 Å². The maximum atomic E-state index is 14.8. The van der Waals surface area contributed by atoms with Crippen LogP contribution in [0.3, 0.4) is 0 Å². The molecule has 0 aliphatic carbocycles. The highest BCUT2D eigenvalue weighted by atomic mass is 32.2. The second kappa shape index (κ2) is 9.11.